The Bertz CT molecular complexity index is 452. The molecule has 1 unspecified atom stereocenters. The molecular weight excluding hydrogens is 262 g/mol. The summed E-state index contributed by atoms with van der Waals surface area (Å²) in [6, 6.07) is 5.14. The number of hydrogen-bond donors (Lipinski definition) is 2. The van der Waals surface area contributed by atoms with Gasteiger partial charge in [-0.1, -0.05) is 32.4 Å². The molecule has 0 heterocycles. The van der Waals surface area contributed by atoms with Gasteiger partial charge >= 0.3 is 0 Å². The Morgan fingerprint density at radius 2 is 2.05 bits per heavy atom. The van der Waals surface area contributed by atoms with Crippen molar-refractivity contribution < 1.29 is 9.90 Å². The predicted molar refractivity (Wildman–Crippen MR) is 78.6 cm³/mol. The largest absolute Gasteiger partial charge is 0.396 e. The number of amides is 1. The molecule has 0 aliphatic rings. The number of aliphatic hydroxyl groups is 1. The Labute approximate surface area is 120 Å². The third kappa shape index (κ3) is 4.51. The maximum atomic E-state index is 12.3. The van der Waals surface area contributed by atoms with Crippen LogP contribution in [0.5, 0.6) is 0 Å². The normalized spacial score (nSPS) is 13.2. The van der Waals surface area contributed by atoms with Crippen LogP contribution in [0.1, 0.15) is 43.1 Å². The van der Waals surface area contributed by atoms with Gasteiger partial charge in [0.25, 0.3) is 5.91 Å². The smallest absolute Gasteiger partial charge is 0.251 e. The zero-order chi connectivity index (χ0) is 14.6. The summed E-state index contributed by atoms with van der Waals surface area (Å²) in [5.41, 5.74) is 1.37. The second kappa shape index (κ2) is 6.40. The lowest BCUT2D eigenvalue weighted by atomic mass is 9.84. The van der Waals surface area contributed by atoms with Crippen LogP contribution in [-0.2, 0) is 0 Å². The Hall–Kier alpha value is -1.06. The van der Waals surface area contributed by atoms with Crippen LogP contribution in [0.3, 0.4) is 0 Å². The van der Waals surface area contributed by atoms with Crippen molar-refractivity contribution >= 4 is 17.5 Å². The van der Waals surface area contributed by atoms with E-state index in [-0.39, 0.29) is 24.0 Å². The molecule has 0 spiro atoms. The number of aliphatic hydroxyl groups excluding tert-OH is 1. The molecule has 106 valence electrons. The molecule has 1 amide bonds. The van der Waals surface area contributed by atoms with Crippen LogP contribution in [-0.4, -0.2) is 23.7 Å². The van der Waals surface area contributed by atoms with E-state index in [9.17, 15) is 4.79 Å². The highest BCUT2D eigenvalue weighted by atomic mass is 35.5. The van der Waals surface area contributed by atoms with E-state index in [0.29, 0.717) is 17.0 Å². The van der Waals surface area contributed by atoms with E-state index in [4.69, 9.17) is 16.7 Å². The molecule has 0 aliphatic heterocycles. The molecule has 1 rings (SSSR count). The number of halogens is 1. The lowest BCUT2D eigenvalue weighted by molar-refractivity contribution is 0.0884. The highest BCUT2D eigenvalue weighted by Gasteiger charge is 2.26. The van der Waals surface area contributed by atoms with Crippen molar-refractivity contribution in [1.82, 2.24) is 5.32 Å². The molecule has 1 aromatic carbocycles. The van der Waals surface area contributed by atoms with Crippen LogP contribution in [0.2, 0.25) is 5.02 Å². The van der Waals surface area contributed by atoms with Crippen LogP contribution < -0.4 is 5.32 Å². The number of carbonyl (C=O) groups excluding carboxylic acids is 1. The quantitative estimate of drug-likeness (QED) is 0.892. The third-order valence-corrected chi connectivity index (χ3v) is 3.44. The molecule has 2 N–H and O–H groups in total. The van der Waals surface area contributed by atoms with Gasteiger partial charge in [-0.25, -0.2) is 0 Å². The van der Waals surface area contributed by atoms with E-state index < -0.39 is 0 Å². The van der Waals surface area contributed by atoms with E-state index in [1.807, 2.05) is 27.7 Å². The van der Waals surface area contributed by atoms with Crippen molar-refractivity contribution in [1.29, 1.82) is 0 Å². The number of carbonyl (C=O) groups is 1. The molecule has 1 aromatic rings. The van der Waals surface area contributed by atoms with Gasteiger partial charge in [-0.15, -0.1) is 0 Å². The molecule has 3 nitrogen and oxygen atoms in total. The summed E-state index contributed by atoms with van der Waals surface area (Å²) >= 11 is 5.88. The average molecular weight is 284 g/mol. The molecule has 0 fully saturated rings. The van der Waals surface area contributed by atoms with Gasteiger partial charge in [0.05, 0.1) is 0 Å². The Morgan fingerprint density at radius 3 is 2.53 bits per heavy atom. The molecule has 0 saturated heterocycles. The van der Waals surface area contributed by atoms with Gasteiger partial charge in [0, 0.05) is 23.2 Å². The van der Waals surface area contributed by atoms with Gasteiger partial charge in [0.1, 0.15) is 0 Å². The number of hydrogen-bond acceptors (Lipinski definition) is 2. The fraction of sp³-hybridized carbons (Fsp3) is 0.533. The van der Waals surface area contributed by atoms with E-state index in [1.165, 1.54) is 0 Å². The first-order valence-corrected chi connectivity index (χ1v) is 6.81. The predicted octanol–water partition coefficient (Wildman–Crippen LogP) is 3.18. The van der Waals surface area contributed by atoms with Gasteiger partial charge < -0.3 is 10.4 Å². The zero-order valence-corrected chi connectivity index (χ0v) is 12.7. The van der Waals surface area contributed by atoms with Crippen molar-refractivity contribution in [3.8, 4) is 0 Å². The lowest BCUT2D eigenvalue weighted by Gasteiger charge is -2.31. The summed E-state index contributed by atoms with van der Waals surface area (Å²) in [5.74, 6) is -0.123. The Morgan fingerprint density at radius 1 is 1.42 bits per heavy atom. The minimum absolute atomic E-state index is 0.0574. The average Bonchev–Trinajstić information content (AvgIpc) is 2.26. The lowest BCUT2D eigenvalue weighted by Crippen LogP contribution is -2.44. The van der Waals surface area contributed by atoms with Crippen molar-refractivity contribution in [3.63, 3.8) is 0 Å². The summed E-state index contributed by atoms with van der Waals surface area (Å²) in [7, 11) is 0. The maximum absolute atomic E-state index is 12.3. The molecule has 4 heteroatoms. The summed E-state index contributed by atoms with van der Waals surface area (Å²) in [4.78, 5) is 12.3. The summed E-state index contributed by atoms with van der Waals surface area (Å²) in [6.45, 7) is 8.05. The van der Waals surface area contributed by atoms with Crippen LogP contribution in [0.4, 0.5) is 0 Å². The van der Waals surface area contributed by atoms with Crippen molar-refractivity contribution in [2.24, 2.45) is 5.41 Å². The van der Waals surface area contributed by atoms with E-state index in [1.54, 1.807) is 18.2 Å². The van der Waals surface area contributed by atoms with Crippen LogP contribution >= 0.6 is 11.6 Å². The SMILES string of the molecule is Cc1cc(Cl)ccc1C(=O)NC(CCO)C(C)(C)C. The highest BCUT2D eigenvalue weighted by molar-refractivity contribution is 6.30. The molecule has 19 heavy (non-hydrogen) atoms. The van der Waals surface area contributed by atoms with Crippen LogP contribution in [0.15, 0.2) is 18.2 Å². The van der Waals surface area contributed by atoms with Crippen LogP contribution in [0.25, 0.3) is 0 Å². The first-order chi connectivity index (χ1) is 8.75. The van der Waals surface area contributed by atoms with Crippen molar-refractivity contribution in [3.05, 3.63) is 34.3 Å². The summed E-state index contributed by atoms with van der Waals surface area (Å²) in [6.07, 6.45) is 0.544. The van der Waals surface area contributed by atoms with Crippen molar-refractivity contribution in [2.75, 3.05) is 6.61 Å². The number of aryl methyl sites for hydroxylation is 1. The molecule has 0 bridgehead atoms. The van der Waals surface area contributed by atoms with Crippen LogP contribution in [0, 0.1) is 12.3 Å². The minimum Gasteiger partial charge on any atom is -0.396 e. The zero-order valence-electron chi connectivity index (χ0n) is 12.0. The second-order valence-electron chi connectivity index (χ2n) is 5.86. The van der Waals surface area contributed by atoms with E-state index in [2.05, 4.69) is 5.32 Å². The second-order valence-corrected chi connectivity index (χ2v) is 6.30. The topological polar surface area (TPSA) is 49.3 Å². The summed E-state index contributed by atoms with van der Waals surface area (Å²) < 4.78 is 0. The Balaban J connectivity index is 2.88. The molecule has 0 aromatic heterocycles. The van der Waals surface area contributed by atoms with Gasteiger partial charge in [-0.3, -0.25) is 4.79 Å². The van der Waals surface area contributed by atoms with Gasteiger partial charge in [-0.2, -0.15) is 0 Å². The molecular formula is C15H22ClNO2. The third-order valence-electron chi connectivity index (χ3n) is 3.20. The Kier molecular flexibility index (Phi) is 5.39. The first-order valence-electron chi connectivity index (χ1n) is 6.43. The van der Waals surface area contributed by atoms with Gasteiger partial charge in [0.15, 0.2) is 0 Å². The maximum Gasteiger partial charge on any atom is 0.251 e. The van der Waals surface area contributed by atoms with E-state index in [0.717, 1.165) is 5.56 Å². The molecule has 0 radical (unpaired) electrons. The minimum atomic E-state index is -0.123. The standard InChI is InChI=1S/C15H22ClNO2/c1-10-9-11(16)5-6-12(10)14(19)17-13(7-8-18)15(2,3)4/h5-6,9,13,18H,7-8H2,1-4H3,(H,17,19). The summed E-state index contributed by atoms with van der Waals surface area (Å²) in [5, 5.41) is 12.7. The van der Waals surface area contributed by atoms with Gasteiger partial charge in [-0.05, 0) is 42.5 Å². The fourth-order valence-corrected chi connectivity index (χ4v) is 2.20. The highest BCUT2D eigenvalue weighted by Crippen LogP contribution is 2.23. The van der Waals surface area contributed by atoms with Gasteiger partial charge in [0.2, 0.25) is 0 Å². The number of rotatable bonds is 4. The molecule has 0 aliphatic carbocycles. The first kappa shape index (κ1) is 16.0. The fourth-order valence-electron chi connectivity index (χ4n) is 1.97. The number of nitrogens with one attached hydrogen (secondary N) is 1. The van der Waals surface area contributed by atoms with Crippen molar-refractivity contribution in [2.45, 2.75) is 40.2 Å². The number of benzene rings is 1. The molecule has 0 saturated carbocycles. The monoisotopic (exact) mass is 283 g/mol. The van der Waals surface area contributed by atoms with E-state index >= 15 is 0 Å². The molecule has 1 atom stereocenters.